The SMILES string of the molecule is O=C(Nc1nc(-c2cccc(Cl)c2)cs1)C1CCOC1. The summed E-state index contributed by atoms with van der Waals surface area (Å²) >= 11 is 7.37. The van der Waals surface area contributed by atoms with Gasteiger partial charge >= 0.3 is 0 Å². The molecule has 0 radical (unpaired) electrons. The molecule has 0 saturated carbocycles. The Labute approximate surface area is 125 Å². The van der Waals surface area contributed by atoms with E-state index in [1.165, 1.54) is 11.3 Å². The molecule has 1 amide bonds. The van der Waals surface area contributed by atoms with Crippen molar-refractivity contribution < 1.29 is 9.53 Å². The molecule has 1 aromatic carbocycles. The van der Waals surface area contributed by atoms with Crippen LogP contribution in [0.25, 0.3) is 11.3 Å². The average molecular weight is 309 g/mol. The van der Waals surface area contributed by atoms with Crippen molar-refractivity contribution >= 4 is 34.0 Å². The molecule has 1 atom stereocenters. The zero-order chi connectivity index (χ0) is 13.9. The van der Waals surface area contributed by atoms with Gasteiger partial charge in [-0.05, 0) is 18.6 Å². The first kappa shape index (κ1) is 13.5. The van der Waals surface area contributed by atoms with Crippen molar-refractivity contribution in [1.29, 1.82) is 0 Å². The number of amides is 1. The van der Waals surface area contributed by atoms with Crippen LogP contribution < -0.4 is 5.32 Å². The highest BCUT2D eigenvalue weighted by molar-refractivity contribution is 7.14. The maximum atomic E-state index is 12.0. The predicted octanol–water partition coefficient (Wildman–Crippen LogP) is 3.44. The standard InChI is InChI=1S/C14H13ClN2O2S/c15-11-3-1-2-9(6-11)12-8-20-14(16-12)17-13(18)10-4-5-19-7-10/h1-3,6,8,10H,4-5,7H2,(H,16,17,18). The number of hydrogen-bond donors (Lipinski definition) is 1. The molecule has 3 rings (SSSR count). The van der Waals surface area contributed by atoms with Gasteiger partial charge in [-0.3, -0.25) is 4.79 Å². The molecule has 1 saturated heterocycles. The Bertz CT molecular complexity index is 623. The molecule has 20 heavy (non-hydrogen) atoms. The van der Waals surface area contributed by atoms with Crippen LogP contribution in [0.4, 0.5) is 5.13 Å². The van der Waals surface area contributed by atoms with E-state index in [-0.39, 0.29) is 11.8 Å². The molecule has 104 valence electrons. The number of rotatable bonds is 3. The van der Waals surface area contributed by atoms with Crippen molar-refractivity contribution in [2.45, 2.75) is 6.42 Å². The number of nitrogens with zero attached hydrogens (tertiary/aromatic N) is 1. The number of carbonyl (C=O) groups excluding carboxylic acids is 1. The first-order valence-electron chi connectivity index (χ1n) is 6.32. The van der Waals surface area contributed by atoms with Crippen molar-refractivity contribution in [3.8, 4) is 11.3 Å². The van der Waals surface area contributed by atoms with E-state index in [9.17, 15) is 4.79 Å². The van der Waals surface area contributed by atoms with E-state index >= 15 is 0 Å². The van der Waals surface area contributed by atoms with E-state index in [0.717, 1.165) is 17.7 Å². The van der Waals surface area contributed by atoms with Gasteiger partial charge in [0.2, 0.25) is 5.91 Å². The Hall–Kier alpha value is -1.43. The lowest BCUT2D eigenvalue weighted by atomic mass is 10.1. The monoisotopic (exact) mass is 308 g/mol. The predicted molar refractivity (Wildman–Crippen MR) is 80.1 cm³/mol. The van der Waals surface area contributed by atoms with E-state index < -0.39 is 0 Å². The number of hydrogen-bond acceptors (Lipinski definition) is 4. The summed E-state index contributed by atoms with van der Waals surface area (Å²) in [5.41, 5.74) is 1.76. The Morgan fingerprint density at radius 2 is 2.40 bits per heavy atom. The molecule has 2 aromatic rings. The molecule has 2 heterocycles. The second-order valence-corrected chi connectivity index (χ2v) is 5.89. The second kappa shape index (κ2) is 5.91. The van der Waals surface area contributed by atoms with E-state index in [1.54, 1.807) is 0 Å². The fourth-order valence-corrected chi connectivity index (χ4v) is 2.97. The molecule has 0 aliphatic carbocycles. The van der Waals surface area contributed by atoms with Gasteiger partial charge in [-0.1, -0.05) is 23.7 Å². The lowest BCUT2D eigenvalue weighted by molar-refractivity contribution is -0.119. The number of nitrogens with one attached hydrogen (secondary N) is 1. The summed E-state index contributed by atoms with van der Waals surface area (Å²) in [7, 11) is 0. The Morgan fingerprint density at radius 3 is 3.15 bits per heavy atom. The molecule has 6 heteroatoms. The Kier molecular flexibility index (Phi) is 4.00. The molecule has 4 nitrogen and oxygen atoms in total. The van der Waals surface area contributed by atoms with Crippen LogP contribution in [0.5, 0.6) is 0 Å². The fraction of sp³-hybridized carbons (Fsp3) is 0.286. The zero-order valence-electron chi connectivity index (χ0n) is 10.6. The summed E-state index contributed by atoms with van der Waals surface area (Å²) in [5, 5.41) is 6.03. The molecular weight excluding hydrogens is 296 g/mol. The van der Waals surface area contributed by atoms with Gasteiger partial charge in [0.25, 0.3) is 0 Å². The fourth-order valence-electron chi connectivity index (χ4n) is 2.06. The summed E-state index contributed by atoms with van der Waals surface area (Å²) in [6.07, 6.45) is 0.776. The maximum Gasteiger partial charge on any atom is 0.231 e. The summed E-state index contributed by atoms with van der Waals surface area (Å²) in [5.74, 6) is -0.0805. The number of halogens is 1. The van der Waals surface area contributed by atoms with Gasteiger partial charge in [-0.25, -0.2) is 4.98 Å². The molecule has 0 spiro atoms. The molecule has 1 aromatic heterocycles. The summed E-state index contributed by atoms with van der Waals surface area (Å²) in [6.45, 7) is 1.15. The van der Waals surface area contributed by atoms with Crippen LogP contribution in [0, 0.1) is 5.92 Å². The van der Waals surface area contributed by atoms with Gasteiger partial charge in [0.1, 0.15) is 0 Å². The molecule has 0 bridgehead atoms. The van der Waals surface area contributed by atoms with Crippen LogP contribution in [0.15, 0.2) is 29.6 Å². The number of benzene rings is 1. The third-order valence-corrected chi connectivity index (χ3v) is 4.15. The molecule has 1 aliphatic rings. The minimum absolute atomic E-state index is 0.0190. The van der Waals surface area contributed by atoms with Crippen molar-refractivity contribution in [2.75, 3.05) is 18.5 Å². The van der Waals surface area contributed by atoms with Gasteiger partial charge in [-0.15, -0.1) is 11.3 Å². The van der Waals surface area contributed by atoms with Crippen LogP contribution >= 0.6 is 22.9 Å². The number of thiazole rings is 1. The highest BCUT2D eigenvalue weighted by atomic mass is 35.5. The van der Waals surface area contributed by atoms with Crippen molar-refractivity contribution in [3.05, 3.63) is 34.7 Å². The first-order valence-corrected chi connectivity index (χ1v) is 7.58. The number of carbonyl (C=O) groups is 1. The third kappa shape index (κ3) is 3.00. The molecule has 1 N–H and O–H groups in total. The Morgan fingerprint density at radius 1 is 1.50 bits per heavy atom. The lowest BCUT2D eigenvalue weighted by Crippen LogP contribution is -2.22. The minimum atomic E-state index is -0.0616. The van der Waals surface area contributed by atoms with Crippen LogP contribution in [-0.2, 0) is 9.53 Å². The first-order chi connectivity index (χ1) is 9.72. The largest absolute Gasteiger partial charge is 0.381 e. The van der Waals surface area contributed by atoms with E-state index in [0.29, 0.717) is 23.4 Å². The summed E-state index contributed by atoms with van der Waals surface area (Å²) in [4.78, 5) is 16.4. The lowest BCUT2D eigenvalue weighted by Gasteiger charge is -2.06. The summed E-state index contributed by atoms with van der Waals surface area (Å²) < 4.78 is 5.21. The van der Waals surface area contributed by atoms with E-state index in [4.69, 9.17) is 16.3 Å². The van der Waals surface area contributed by atoms with E-state index in [1.807, 2.05) is 29.6 Å². The van der Waals surface area contributed by atoms with Crippen LogP contribution in [0.3, 0.4) is 0 Å². The van der Waals surface area contributed by atoms with Gasteiger partial charge < -0.3 is 10.1 Å². The number of aromatic nitrogens is 1. The summed E-state index contributed by atoms with van der Waals surface area (Å²) in [6, 6.07) is 7.50. The van der Waals surface area contributed by atoms with Crippen LogP contribution in [0.2, 0.25) is 5.02 Å². The minimum Gasteiger partial charge on any atom is -0.381 e. The van der Waals surface area contributed by atoms with E-state index in [2.05, 4.69) is 10.3 Å². The zero-order valence-corrected chi connectivity index (χ0v) is 12.2. The molecule has 1 fully saturated rings. The smallest absolute Gasteiger partial charge is 0.231 e. The second-order valence-electron chi connectivity index (χ2n) is 4.60. The molecular formula is C14H13ClN2O2S. The van der Waals surface area contributed by atoms with Crippen molar-refractivity contribution in [2.24, 2.45) is 5.92 Å². The van der Waals surface area contributed by atoms with Crippen molar-refractivity contribution in [1.82, 2.24) is 4.98 Å². The van der Waals surface area contributed by atoms with Crippen LogP contribution in [0.1, 0.15) is 6.42 Å². The quantitative estimate of drug-likeness (QED) is 0.945. The van der Waals surface area contributed by atoms with Gasteiger partial charge in [0.05, 0.1) is 18.2 Å². The van der Waals surface area contributed by atoms with Gasteiger partial charge in [0.15, 0.2) is 5.13 Å². The van der Waals surface area contributed by atoms with Gasteiger partial charge in [-0.2, -0.15) is 0 Å². The Balaban J connectivity index is 1.72. The number of anilines is 1. The topological polar surface area (TPSA) is 51.2 Å². The molecule has 1 aliphatic heterocycles. The maximum absolute atomic E-state index is 12.0. The highest BCUT2D eigenvalue weighted by Gasteiger charge is 2.24. The average Bonchev–Trinajstić information content (AvgIpc) is 3.10. The highest BCUT2D eigenvalue weighted by Crippen LogP contribution is 2.27. The van der Waals surface area contributed by atoms with Crippen LogP contribution in [-0.4, -0.2) is 24.1 Å². The number of ether oxygens (including phenoxy) is 1. The third-order valence-electron chi connectivity index (χ3n) is 3.16. The van der Waals surface area contributed by atoms with Crippen molar-refractivity contribution in [3.63, 3.8) is 0 Å². The normalized spacial score (nSPS) is 18.1. The molecule has 1 unspecified atom stereocenters. The van der Waals surface area contributed by atoms with Gasteiger partial charge in [0, 0.05) is 22.6 Å².